The summed E-state index contributed by atoms with van der Waals surface area (Å²) in [5.74, 6) is 0.954. The van der Waals surface area contributed by atoms with Crippen LogP contribution in [0.25, 0.3) is 0 Å². The van der Waals surface area contributed by atoms with E-state index in [1.807, 2.05) is 0 Å². The molecule has 0 radical (unpaired) electrons. The van der Waals surface area contributed by atoms with E-state index in [4.69, 9.17) is 5.73 Å². The molecule has 0 amide bonds. The highest BCUT2D eigenvalue weighted by molar-refractivity contribution is 4.86. The summed E-state index contributed by atoms with van der Waals surface area (Å²) < 4.78 is 36.7. The zero-order valence-corrected chi connectivity index (χ0v) is 12.2. The van der Waals surface area contributed by atoms with E-state index in [1.54, 1.807) is 0 Å². The Labute approximate surface area is 114 Å². The molecule has 5 heteroatoms. The molecule has 0 heterocycles. The van der Waals surface area contributed by atoms with Crippen molar-refractivity contribution in [1.29, 1.82) is 0 Å². The lowest BCUT2D eigenvalue weighted by Crippen LogP contribution is -2.47. The van der Waals surface area contributed by atoms with Gasteiger partial charge in [0.2, 0.25) is 0 Å². The largest absolute Gasteiger partial charge is 0.401 e. The first kappa shape index (κ1) is 16.8. The lowest BCUT2D eigenvalue weighted by Gasteiger charge is -2.39. The van der Waals surface area contributed by atoms with Gasteiger partial charge in [-0.3, -0.25) is 0 Å². The van der Waals surface area contributed by atoms with Gasteiger partial charge in [0.25, 0.3) is 0 Å². The van der Waals surface area contributed by atoms with Crippen LogP contribution in [-0.2, 0) is 0 Å². The van der Waals surface area contributed by atoms with Crippen LogP contribution in [0.1, 0.15) is 46.5 Å². The van der Waals surface area contributed by atoms with Crippen molar-refractivity contribution < 1.29 is 13.2 Å². The summed E-state index contributed by atoms with van der Waals surface area (Å²) in [5, 5.41) is 2.58. The zero-order chi connectivity index (χ0) is 14.7. The van der Waals surface area contributed by atoms with Gasteiger partial charge in [0.15, 0.2) is 0 Å². The molecular formula is C14H27F3N2. The summed E-state index contributed by atoms with van der Waals surface area (Å²) in [7, 11) is 0. The van der Waals surface area contributed by atoms with Crippen molar-refractivity contribution >= 4 is 0 Å². The monoisotopic (exact) mass is 280 g/mol. The zero-order valence-electron chi connectivity index (χ0n) is 12.2. The molecule has 0 aliphatic heterocycles. The standard InChI is InChI=1S/C14H27F3N2/c1-13(2,3)11-6-4-10(5-7-11)12(8-18)19-9-14(15,16)17/h10-12,19H,4-9,18H2,1-3H3. The van der Waals surface area contributed by atoms with Crippen molar-refractivity contribution in [2.75, 3.05) is 13.1 Å². The summed E-state index contributed by atoms with van der Waals surface area (Å²) in [6.07, 6.45) is -0.00389. The number of nitrogens with two attached hydrogens (primary N) is 1. The molecule has 0 aromatic heterocycles. The second-order valence-electron chi connectivity index (χ2n) is 6.82. The molecule has 19 heavy (non-hydrogen) atoms. The van der Waals surface area contributed by atoms with Gasteiger partial charge in [-0.15, -0.1) is 0 Å². The Morgan fingerprint density at radius 2 is 1.63 bits per heavy atom. The Hall–Kier alpha value is -0.290. The van der Waals surface area contributed by atoms with Gasteiger partial charge in [0, 0.05) is 12.6 Å². The Morgan fingerprint density at radius 3 is 2.00 bits per heavy atom. The summed E-state index contributed by atoms with van der Waals surface area (Å²) in [6, 6.07) is -0.206. The summed E-state index contributed by atoms with van der Waals surface area (Å²) in [5.41, 5.74) is 5.92. The molecule has 2 nitrogen and oxygen atoms in total. The number of hydrogen-bond acceptors (Lipinski definition) is 2. The molecular weight excluding hydrogens is 253 g/mol. The number of halogens is 3. The van der Waals surface area contributed by atoms with E-state index in [0.29, 0.717) is 11.3 Å². The molecule has 0 bridgehead atoms. The van der Waals surface area contributed by atoms with Crippen molar-refractivity contribution in [3.05, 3.63) is 0 Å². The average molecular weight is 280 g/mol. The second kappa shape index (κ2) is 6.44. The van der Waals surface area contributed by atoms with Gasteiger partial charge < -0.3 is 11.1 Å². The van der Waals surface area contributed by atoms with E-state index in [1.165, 1.54) is 0 Å². The number of rotatable bonds is 4. The normalized spacial score (nSPS) is 27.3. The van der Waals surface area contributed by atoms with E-state index in [0.717, 1.165) is 25.7 Å². The van der Waals surface area contributed by atoms with Crippen molar-refractivity contribution in [3.63, 3.8) is 0 Å². The topological polar surface area (TPSA) is 38.0 Å². The van der Waals surface area contributed by atoms with Crippen LogP contribution in [-0.4, -0.2) is 25.3 Å². The van der Waals surface area contributed by atoms with E-state index < -0.39 is 12.7 Å². The minimum atomic E-state index is -4.16. The lowest BCUT2D eigenvalue weighted by atomic mass is 9.68. The molecule has 3 N–H and O–H groups in total. The predicted octanol–water partition coefficient (Wildman–Crippen LogP) is 3.32. The molecule has 1 rings (SSSR count). The fourth-order valence-electron chi connectivity index (χ4n) is 3.08. The van der Waals surface area contributed by atoms with E-state index in [2.05, 4.69) is 26.1 Å². The maximum absolute atomic E-state index is 12.2. The molecule has 1 aliphatic carbocycles. The Balaban J connectivity index is 2.44. The minimum Gasteiger partial charge on any atom is -0.329 e. The van der Waals surface area contributed by atoms with Crippen LogP contribution in [0.5, 0.6) is 0 Å². The fourth-order valence-corrected chi connectivity index (χ4v) is 3.08. The third kappa shape index (κ3) is 5.69. The first-order chi connectivity index (χ1) is 8.63. The van der Waals surface area contributed by atoms with E-state index in [-0.39, 0.29) is 18.5 Å². The highest BCUT2D eigenvalue weighted by Gasteiger charge is 2.34. The molecule has 1 atom stereocenters. The minimum absolute atomic E-state index is 0.206. The van der Waals surface area contributed by atoms with Gasteiger partial charge in [0.05, 0.1) is 6.54 Å². The summed E-state index contributed by atoms with van der Waals surface area (Å²) in [4.78, 5) is 0. The Morgan fingerprint density at radius 1 is 1.11 bits per heavy atom. The average Bonchev–Trinajstić information content (AvgIpc) is 2.28. The summed E-state index contributed by atoms with van der Waals surface area (Å²) >= 11 is 0. The molecule has 0 aromatic rings. The molecule has 0 aromatic carbocycles. The lowest BCUT2D eigenvalue weighted by molar-refractivity contribution is -0.127. The van der Waals surface area contributed by atoms with Crippen LogP contribution in [0.4, 0.5) is 13.2 Å². The maximum Gasteiger partial charge on any atom is 0.401 e. The van der Waals surface area contributed by atoms with Crippen LogP contribution >= 0.6 is 0 Å². The van der Waals surface area contributed by atoms with Gasteiger partial charge in [0.1, 0.15) is 0 Å². The van der Waals surface area contributed by atoms with Gasteiger partial charge in [-0.25, -0.2) is 0 Å². The molecule has 0 spiro atoms. The van der Waals surface area contributed by atoms with Crippen LogP contribution in [0.3, 0.4) is 0 Å². The number of alkyl halides is 3. The maximum atomic E-state index is 12.2. The van der Waals surface area contributed by atoms with E-state index in [9.17, 15) is 13.2 Å². The van der Waals surface area contributed by atoms with Gasteiger partial charge >= 0.3 is 6.18 Å². The second-order valence-corrected chi connectivity index (χ2v) is 6.82. The van der Waals surface area contributed by atoms with E-state index >= 15 is 0 Å². The van der Waals surface area contributed by atoms with Crippen LogP contribution < -0.4 is 11.1 Å². The van der Waals surface area contributed by atoms with Gasteiger partial charge in [-0.2, -0.15) is 13.2 Å². The third-order valence-electron chi connectivity index (χ3n) is 4.38. The smallest absolute Gasteiger partial charge is 0.329 e. The quantitative estimate of drug-likeness (QED) is 0.829. The Bertz CT molecular complexity index is 263. The molecule has 0 saturated heterocycles. The van der Waals surface area contributed by atoms with Crippen LogP contribution in [0.15, 0.2) is 0 Å². The van der Waals surface area contributed by atoms with Crippen molar-refractivity contribution in [2.45, 2.75) is 58.7 Å². The molecule has 114 valence electrons. The first-order valence-electron chi connectivity index (χ1n) is 7.13. The first-order valence-corrected chi connectivity index (χ1v) is 7.13. The Kier molecular flexibility index (Phi) is 5.68. The molecule has 1 unspecified atom stereocenters. The predicted molar refractivity (Wildman–Crippen MR) is 71.8 cm³/mol. The van der Waals surface area contributed by atoms with Crippen molar-refractivity contribution in [3.8, 4) is 0 Å². The van der Waals surface area contributed by atoms with Crippen molar-refractivity contribution in [2.24, 2.45) is 23.0 Å². The summed E-state index contributed by atoms with van der Waals surface area (Å²) in [6.45, 7) is 6.05. The van der Waals surface area contributed by atoms with Crippen LogP contribution in [0.2, 0.25) is 0 Å². The van der Waals surface area contributed by atoms with Gasteiger partial charge in [-0.1, -0.05) is 20.8 Å². The highest BCUT2D eigenvalue weighted by Crippen LogP contribution is 2.40. The molecule has 1 aliphatic rings. The molecule has 1 fully saturated rings. The van der Waals surface area contributed by atoms with Crippen molar-refractivity contribution in [1.82, 2.24) is 5.32 Å². The third-order valence-corrected chi connectivity index (χ3v) is 4.38. The number of hydrogen-bond donors (Lipinski definition) is 2. The SMILES string of the molecule is CC(C)(C)C1CCC(C(CN)NCC(F)(F)F)CC1. The molecule has 1 saturated carbocycles. The number of nitrogens with one attached hydrogen (secondary N) is 1. The fraction of sp³-hybridized carbons (Fsp3) is 1.00. The van der Waals surface area contributed by atoms with Gasteiger partial charge in [-0.05, 0) is 42.9 Å². The van der Waals surface area contributed by atoms with Crippen LogP contribution in [0, 0.1) is 17.3 Å². The highest BCUT2D eigenvalue weighted by atomic mass is 19.4.